The molecule has 1 heterocycles. The minimum absolute atomic E-state index is 0.707. The predicted octanol–water partition coefficient (Wildman–Crippen LogP) is 6.70. The molecule has 29 heavy (non-hydrogen) atoms. The summed E-state index contributed by atoms with van der Waals surface area (Å²) in [4.78, 5) is 0. The Bertz CT molecular complexity index is 1120. The van der Waals surface area contributed by atoms with E-state index in [0.717, 1.165) is 28.0 Å². The lowest BCUT2D eigenvalue weighted by Crippen LogP contribution is -1.99. The molecule has 0 spiro atoms. The van der Waals surface area contributed by atoms with E-state index in [-0.39, 0.29) is 0 Å². The molecular weight excluding hydrogens is 398 g/mol. The number of aryl methyl sites for hydroxylation is 1. The number of aromatic nitrogens is 3. The fraction of sp³-hybridized carbons (Fsp3) is 0.0833. The second-order valence-electron chi connectivity index (χ2n) is 6.61. The number of nitrogens with zero attached hydrogens (tertiary/aromatic N) is 3. The van der Waals surface area contributed by atoms with Crippen molar-refractivity contribution >= 4 is 29.4 Å². The second-order valence-corrected chi connectivity index (χ2v) is 8.04. The molecule has 0 bridgehead atoms. The van der Waals surface area contributed by atoms with Gasteiger partial charge in [-0.3, -0.25) is 4.57 Å². The molecule has 0 N–H and O–H groups in total. The predicted molar refractivity (Wildman–Crippen MR) is 123 cm³/mol. The van der Waals surface area contributed by atoms with Gasteiger partial charge in [0.1, 0.15) is 0 Å². The number of hydrogen-bond acceptors (Lipinski definition) is 3. The van der Waals surface area contributed by atoms with Crippen LogP contribution in [0.2, 0.25) is 5.02 Å². The van der Waals surface area contributed by atoms with Crippen LogP contribution in [0.1, 0.15) is 11.1 Å². The zero-order valence-electron chi connectivity index (χ0n) is 16.0. The molecule has 0 saturated heterocycles. The van der Waals surface area contributed by atoms with Crippen molar-refractivity contribution in [2.24, 2.45) is 0 Å². The van der Waals surface area contributed by atoms with Crippen LogP contribution in [-0.4, -0.2) is 20.5 Å². The summed E-state index contributed by atoms with van der Waals surface area (Å²) in [7, 11) is 0. The highest BCUT2D eigenvalue weighted by Gasteiger charge is 2.16. The van der Waals surface area contributed by atoms with Gasteiger partial charge < -0.3 is 0 Å². The summed E-state index contributed by atoms with van der Waals surface area (Å²) >= 11 is 7.75. The van der Waals surface area contributed by atoms with Gasteiger partial charge in [-0.2, -0.15) is 0 Å². The number of thioether (sulfide) groups is 1. The summed E-state index contributed by atoms with van der Waals surface area (Å²) in [6, 6.07) is 26.4. The zero-order valence-corrected chi connectivity index (χ0v) is 17.6. The average molecular weight is 418 g/mol. The van der Waals surface area contributed by atoms with Crippen LogP contribution in [0.3, 0.4) is 0 Å². The summed E-state index contributed by atoms with van der Waals surface area (Å²) < 4.78 is 2.09. The zero-order chi connectivity index (χ0) is 20.1. The lowest BCUT2D eigenvalue weighted by molar-refractivity contribution is 0.888. The first kappa shape index (κ1) is 19.5. The van der Waals surface area contributed by atoms with Gasteiger partial charge in [0, 0.05) is 22.0 Å². The van der Waals surface area contributed by atoms with Gasteiger partial charge in [-0.25, -0.2) is 0 Å². The summed E-state index contributed by atoms with van der Waals surface area (Å²) in [6.07, 6.45) is 4.27. The van der Waals surface area contributed by atoms with E-state index in [9.17, 15) is 0 Å². The Balaban J connectivity index is 1.64. The molecule has 0 aliphatic heterocycles. The Morgan fingerprint density at radius 2 is 1.72 bits per heavy atom. The van der Waals surface area contributed by atoms with E-state index in [1.54, 1.807) is 11.8 Å². The first-order valence-corrected chi connectivity index (χ1v) is 10.7. The maximum Gasteiger partial charge on any atom is 0.196 e. The smallest absolute Gasteiger partial charge is 0.196 e. The molecule has 3 aromatic carbocycles. The van der Waals surface area contributed by atoms with Crippen LogP contribution in [0.4, 0.5) is 0 Å². The van der Waals surface area contributed by atoms with E-state index < -0.39 is 0 Å². The van der Waals surface area contributed by atoms with E-state index in [1.165, 1.54) is 11.1 Å². The fourth-order valence-corrected chi connectivity index (χ4v) is 3.92. The van der Waals surface area contributed by atoms with Gasteiger partial charge in [-0.1, -0.05) is 89.6 Å². The van der Waals surface area contributed by atoms with Crippen LogP contribution in [0.25, 0.3) is 23.2 Å². The molecule has 0 aliphatic rings. The van der Waals surface area contributed by atoms with Crippen molar-refractivity contribution in [3.63, 3.8) is 0 Å². The minimum atomic E-state index is 0.707. The molecule has 0 fully saturated rings. The Hall–Kier alpha value is -2.82. The second kappa shape index (κ2) is 9.12. The topological polar surface area (TPSA) is 30.7 Å². The van der Waals surface area contributed by atoms with E-state index in [4.69, 9.17) is 11.6 Å². The minimum Gasteiger partial charge on any atom is -0.270 e. The van der Waals surface area contributed by atoms with Gasteiger partial charge in [-0.15, -0.1) is 10.2 Å². The van der Waals surface area contributed by atoms with Crippen LogP contribution in [0.5, 0.6) is 0 Å². The Kier molecular flexibility index (Phi) is 6.13. The van der Waals surface area contributed by atoms with Gasteiger partial charge in [0.05, 0.1) is 0 Å². The highest BCUT2D eigenvalue weighted by atomic mass is 35.5. The van der Waals surface area contributed by atoms with Crippen LogP contribution in [0, 0.1) is 6.92 Å². The third kappa shape index (κ3) is 4.78. The van der Waals surface area contributed by atoms with Crippen molar-refractivity contribution in [2.75, 3.05) is 5.75 Å². The highest BCUT2D eigenvalue weighted by molar-refractivity contribution is 7.99. The highest BCUT2D eigenvalue weighted by Crippen LogP contribution is 2.29. The van der Waals surface area contributed by atoms with Crippen molar-refractivity contribution in [3.05, 3.63) is 101 Å². The summed E-state index contributed by atoms with van der Waals surface area (Å²) in [5, 5.41) is 10.5. The molecule has 4 rings (SSSR count). The van der Waals surface area contributed by atoms with Crippen molar-refractivity contribution < 1.29 is 0 Å². The monoisotopic (exact) mass is 417 g/mol. The molecular formula is C24H20ClN3S. The third-order valence-electron chi connectivity index (χ3n) is 4.41. The molecule has 0 aliphatic carbocycles. The van der Waals surface area contributed by atoms with E-state index in [0.29, 0.717) is 5.02 Å². The van der Waals surface area contributed by atoms with Crippen LogP contribution in [-0.2, 0) is 0 Å². The number of halogens is 1. The summed E-state index contributed by atoms with van der Waals surface area (Å²) in [5.41, 5.74) is 4.41. The normalized spacial score (nSPS) is 11.2. The lowest BCUT2D eigenvalue weighted by Gasteiger charge is -2.10. The molecule has 3 nitrogen and oxygen atoms in total. The molecule has 0 amide bonds. The van der Waals surface area contributed by atoms with Crippen molar-refractivity contribution in [1.82, 2.24) is 14.8 Å². The molecule has 0 radical (unpaired) electrons. The molecule has 0 atom stereocenters. The molecule has 0 unspecified atom stereocenters. The van der Waals surface area contributed by atoms with E-state index in [1.807, 2.05) is 48.5 Å². The van der Waals surface area contributed by atoms with E-state index in [2.05, 4.69) is 64.2 Å². The van der Waals surface area contributed by atoms with Crippen LogP contribution >= 0.6 is 23.4 Å². The molecule has 144 valence electrons. The first-order chi connectivity index (χ1) is 14.2. The number of benzene rings is 3. The van der Waals surface area contributed by atoms with Gasteiger partial charge in [0.15, 0.2) is 11.0 Å². The number of rotatable bonds is 6. The van der Waals surface area contributed by atoms with Crippen LogP contribution < -0.4 is 0 Å². The molecule has 4 aromatic rings. The van der Waals surface area contributed by atoms with Crippen molar-refractivity contribution in [2.45, 2.75) is 12.1 Å². The molecule has 0 saturated carbocycles. The summed E-state index contributed by atoms with van der Waals surface area (Å²) in [6.45, 7) is 2.08. The van der Waals surface area contributed by atoms with Gasteiger partial charge in [0.2, 0.25) is 0 Å². The van der Waals surface area contributed by atoms with Crippen LogP contribution in [0.15, 0.2) is 90.1 Å². The Morgan fingerprint density at radius 3 is 2.48 bits per heavy atom. The number of hydrogen-bond donors (Lipinski definition) is 0. The van der Waals surface area contributed by atoms with Crippen molar-refractivity contribution in [3.8, 4) is 17.1 Å². The largest absolute Gasteiger partial charge is 0.270 e. The van der Waals surface area contributed by atoms with Gasteiger partial charge in [-0.05, 0) is 42.8 Å². The molecule has 1 aromatic heterocycles. The quantitative estimate of drug-likeness (QED) is 0.327. The fourth-order valence-electron chi connectivity index (χ4n) is 3.03. The van der Waals surface area contributed by atoms with Gasteiger partial charge in [0.25, 0.3) is 0 Å². The first-order valence-electron chi connectivity index (χ1n) is 9.33. The van der Waals surface area contributed by atoms with Crippen molar-refractivity contribution in [1.29, 1.82) is 0 Å². The Labute approximate surface area is 180 Å². The molecule has 5 heteroatoms. The third-order valence-corrected chi connectivity index (χ3v) is 5.55. The Morgan fingerprint density at radius 1 is 0.931 bits per heavy atom. The summed E-state index contributed by atoms with van der Waals surface area (Å²) in [5.74, 6) is 1.62. The standard InChI is InChI=1S/C24H20ClN3S/c1-18-7-5-11-20(17-18)23-26-27-24(28(23)22-14-12-21(25)13-15-22)29-16-6-10-19-8-3-2-4-9-19/h2-15,17H,16H2,1H3. The SMILES string of the molecule is Cc1cccc(-c2nnc(SCC=Cc3ccccc3)n2-c2ccc(Cl)cc2)c1. The van der Waals surface area contributed by atoms with Gasteiger partial charge >= 0.3 is 0 Å². The average Bonchev–Trinajstić information content (AvgIpc) is 3.16. The van der Waals surface area contributed by atoms with E-state index >= 15 is 0 Å². The maximum absolute atomic E-state index is 6.10. The maximum atomic E-state index is 6.10. The lowest BCUT2D eigenvalue weighted by atomic mass is 10.1.